The van der Waals surface area contributed by atoms with Crippen LogP contribution < -0.4 is 5.56 Å². The van der Waals surface area contributed by atoms with E-state index in [2.05, 4.69) is 4.99 Å². The Kier molecular flexibility index (Phi) is 3.76. The minimum atomic E-state index is -0.554. The Balaban J connectivity index is 2.58. The predicted octanol–water partition coefficient (Wildman–Crippen LogP) is 1.73. The van der Waals surface area contributed by atoms with Gasteiger partial charge in [-0.2, -0.15) is 5.26 Å². The Hall–Kier alpha value is -3.07. The average Bonchev–Trinajstić information content (AvgIpc) is 2.46. The van der Waals surface area contributed by atoms with Crippen molar-refractivity contribution in [2.24, 2.45) is 12.0 Å². The molecule has 106 valence electrons. The zero-order valence-corrected chi connectivity index (χ0v) is 11.5. The van der Waals surface area contributed by atoms with Gasteiger partial charge in [0.25, 0.3) is 5.56 Å². The molecule has 2 aromatic rings. The first-order chi connectivity index (χ1) is 9.95. The summed E-state index contributed by atoms with van der Waals surface area (Å²) in [5, 5.41) is 28.4. The van der Waals surface area contributed by atoms with Crippen LogP contribution in [-0.2, 0) is 7.05 Å². The summed E-state index contributed by atoms with van der Waals surface area (Å²) in [4.78, 5) is 16.0. The van der Waals surface area contributed by atoms with Crippen LogP contribution >= 0.6 is 0 Å². The van der Waals surface area contributed by atoms with Gasteiger partial charge in [-0.25, -0.2) is 0 Å². The Morgan fingerprint density at radius 2 is 2.10 bits per heavy atom. The summed E-state index contributed by atoms with van der Waals surface area (Å²) >= 11 is 0. The lowest BCUT2D eigenvalue weighted by Crippen LogP contribution is -2.22. The Morgan fingerprint density at radius 3 is 2.71 bits per heavy atom. The normalized spacial score (nSPS) is 10.7. The summed E-state index contributed by atoms with van der Waals surface area (Å²) in [5.41, 5.74) is 0.551. The van der Waals surface area contributed by atoms with Crippen LogP contribution in [0.25, 0.3) is 0 Å². The molecule has 0 amide bonds. The Bertz CT molecular complexity index is 829. The monoisotopic (exact) mass is 283 g/mol. The van der Waals surface area contributed by atoms with Crippen molar-refractivity contribution in [1.82, 2.24) is 4.57 Å². The van der Waals surface area contributed by atoms with E-state index in [0.29, 0.717) is 11.3 Å². The van der Waals surface area contributed by atoms with Gasteiger partial charge in [0.1, 0.15) is 17.4 Å². The molecule has 0 saturated heterocycles. The van der Waals surface area contributed by atoms with Gasteiger partial charge >= 0.3 is 0 Å². The molecule has 0 aliphatic rings. The van der Waals surface area contributed by atoms with E-state index < -0.39 is 5.56 Å². The van der Waals surface area contributed by atoms with Crippen molar-refractivity contribution in [3.63, 3.8) is 0 Å². The Labute approximate surface area is 120 Å². The lowest BCUT2D eigenvalue weighted by atomic mass is 10.1. The molecule has 0 bridgehead atoms. The Morgan fingerprint density at radius 1 is 1.38 bits per heavy atom. The number of aromatic hydroxyl groups is 2. The van der Waals surface area contributed by atoms with Crippen LogP contribution in [0.5, 0.6) is 11.6 Å². The standard InChI is InChI=1S/C15H13N3O3/c1-9-12(7-16)14(20)18(2)15(21)13(9)8-17-10-4-3-5-11(19)6-10/h3-6,8,19,21H,1-2H3. The molecule has 0 saturated carbocycles. The van der Waals surface area contributed by atoms with E-state index in [-0.39, 0.29) is 22.8 Å². The quantitative estimate of drug-likeness (QED) is 0.820. The fraction of sp³-hybridized carbons (Fsp3) is 0.133. The first-order valence-electron chi connectivity index (χ1n) is 6.11. The summed E-state index contributed by atoms with van der Waals surface area (Å²) in [6.07, 6.45) is 1.36. The van der Waals surface area contributed by atoms with Crippen LogP contribution in [-0.4, -0.2) is 21.0 Å². The van der Waals surface area contributed by atoms with Crippen molar-refractivity contribution in [2.45, 2.75) is 6.92 Å². The SMILES string of the molecule is Cc1c(C=Nc2cccc(O)c2)c(O)n(C)c(=O)c1C#N. The van der Waals surface area contributed by atoms with Crippen molar-refractivity contribution in [2.75, 3.05) is 0 Å². The smallest absolute Gasteiger partial charge is 0.271 e. The molecule has 2 N–H and O–H groups in total. The first kappa shape index (κ1) is 14.3. The number of hydrogen-bond acceptors (Lipinski definition) is 5. The minimum Gasteiger partial charge on any atom is -0.508 e. The molecule has 0 fully saturated rings. The van der Waals surface area contributed by atoms with Crippen molar-refractivity contribution in [1.29, 1.82) is 5.26 Å². The van der Waals surface area contributed by atoms with Gasteiger partial charge in [0.05, 0.1) is 11.3 Å². The molecule has 6 heteroatoms. The summed E-state index contributed by atoms with van der Waals surface area (Å²) in [6.45, 7) is 1.57. The number of pyridine rings is 1. The molecule has 2 rings (SSSR count). The molecule has 0 unspecified atom stereocenters. The fourth-order valence-corrected chi connectivity index (χ4v) is 1.91. The van der Waals surface area contributed by atoms with Gasteiger partial charge in [-0.15, -0.1) is 0 Å². The highest BCUT2D eigenvalue weighted by Crippen LogP contribution is 2.22. The number of phenols is 1. The highest BCUT2D eigenvalue weighted by atomic mass is 16.3. The molecular weight excluding hydrogens is 270 g/mol. The molecule has 0 atom stereocenters. The van der Waals surface area contributed by atoms with Crippen LogP contribution in [0.4, 0.5) is 5.69 Å². The van der Waals surface area contributed by atoms with E-state index in [1.54, 1.807) is 19.1 Å². The largest absolute Gasteiger partial charge is 0.508 e. The molecule has 0 aliphatic heterocycles. The van der Waals surface area contributed by atoms with Gasteiger partial charge in [-0.05, 0) is 24.6 Å². The molecule has 6 nitrogen and oxygen atoms in total. The van der Waals surface area contributed by atoms with Gasteiger partial charge < -0.3 is 10.2 Å². The zero-order valence-electron chi connectivity index (χ0n) is 11.5. The third-order valence-electron chi connectivity index (χ3n) is 3.14. The van der Waals surface area contributed by atoms with Gasteiger partial charge in [0.2, 0.25) is 5.88 Å². The van der Waals surface area contributed by atoms with Crippen LogP contribution in [0, 0.1) is 18.3 Å². The number of rotatable bonds is 2. The first-order valence-corrected chi connectivity index (χ1v) is 6.11. The number of hydrogen-bond donors (Lipinski definition) is 2. The number of phenolic OH excluding ortho intramolecular Hbond substituents is 1. The van der Waals surface area contributed by atoms with Crippen LogP contribution in [0.3, 0.4) is 0 Å². The van der Waals surface area contributed by atoms with E-state index in [0.717, 1.165) is 4.57 Å². The highest BCUT2D eigenvalue weighted by Gasteiger charge is 2.15. The maximum atomic E-state index is 11.8. The summed E-state index contributed by atoms with van der Waals surface area (Å²) < 4.78 is 0.995. The number of nitrogens with zero attached hydrogens (tertiary/aromatic N) is 3. The van der Waals surface area contributed by atoms with Crippen LogP contribution in [0.15, 0.2) is 34.1 Å². The number of aromatic nitrogens is 1. The van der Waals surface area contributed by atoms with Crippen molar-refractivity contribution >= 4 is 11.9 Å². The lowest BCUT2D eigenvalue weighted by Gasteiger charge is -2.09. The van der Waals surface area contributed by atoms with Gasteiger partial charge in [0.15, 0.2) is 0 Å². The van der Waals surface area contributed by atoms with Gasteiger partial charge in [0, 0.05) is 19.3 Å². The van der Waals surface area contributed by atoms with Crippen molar-refractivity contribution in [3.8, 4) is 17.7 Å². The van der Waals surface area contributed by atoms with E-state index >= 15 is 0 Å². The van der Waals surface area contributed by atoms with E-state index in [9.17, 15) is 15.0 Å². The lowest BCUT2D eigenvalue weighted by molar-refractivity contribution is 0.421. The number of aliphatic imine (C=N–C) groups is 1. The highest BCUT2D eigenvalue weighted by molar-refractivity contribution is 5.87. The third kappa shape index (κ3) is 2.62. The second-order valence-corrected chi connectivity index (χ2v) is 4.49. The molecule has 0 spiro atoms. The summed E-state index contributed by atoms with van der Waals surface area (Å²) in [5.74, 6) is -0.191. The maximum Gasteiger partial charge on any atom is 0.271 e. The van der Waals surface area contributed by atoms with Crippen molar-refractivity contribution in [3.05, 3.63) is 51.3 Å². The average molecular weight is 283 g/mol. The molecule has 0 radical (unpaired) electrons. The molecule has 1 aromatic heterocycles. The summed E-state index contributed by atoms with van der Waals surface area (Å²) in [6, 6.07) is 8.11. The molecule has 0 aliphatic carbocycles. The predicted molar refractivity (Wildman–Crippen MR) is 78.2 cm³/mol. The minimum absolute atomic E-state index is 0.0346. The second kappa shape index (κ2) is 5.51. The summed E-state index contributed by atoms with van der Waals surface area (Å²) in [7, 11) is 1.38. The van der Waals surface area contributed by atoms with Crippen LogP contribution in [0.1, 0.15) is 16.7 Å². The van der Waals surface area contributed by atoms with E-state index in [1.165, 1.54) is 25.4 Å². The molecule has 1 heterocycles. The fourth-order valence-electron chi connectivity index (χ4n) is 1.91. The second-order valence-electron chi connectivity index (χ2n) is 4.49. The van der Waals surface area contributed by atoms with Gasteiger partial charge in [-0.3, -0.25) is 14.4 Å². The number of benzene rings is 1. The molecule has 21 heavy (non-hydrogen) atoms. The van der Waals surface area contributed by atoms with E-state index in [1.807, 2.05) is 6.07 Å². The topological polar surface area (TPSA) is 98.6 Å². The van der Waals surface area contributed by atoms with E-state index in [4.69, 9.17) is 5.26 Å². The number of nitriles is 1. The van der Waals surface area contributed by atoms with Crippen molar-refractivity contribution < 1.29 is 10.2 Å². The zero-order chi connectivity index (χ0) is 15.6. The third-order valence-corrected chi connectivity index (χ3v) is 3.14. The molecular formula is C15H13N3O3. The molecule has 1 aromatic carbocycles. The maximum absolute atomic E-state index is 11.8. The van der Waals surface area contributed by atoms with Gasteiger partial charge in [-0.1, -0.05) is 6.07 Å². The van der Waals surface area contributed by atoms with Crippen LogP contribution in [0.2, 0.25) is 0 Å².